The van der Waals surface area contributed by atoms with Gasteiger partial charge in [-0.15, -0.1) is 18.3 Å². The molecule has 41 heavy (non-hydrogen) atoms. The van der Waals surface area contributed by atoms with Crippen LogP contribution in [0.3, 0.4) is 0 Å². The van der Waals surface area contributed by atoms with E-state index in [1.54, 1.807) is 34.6 Å². The lowest BCUT2D eigenvalue weighted by Crippen LogP contribution is -2.57. The Morgan fingerprint density at radius 3 is 2.34 bits per heavy atom. The van der Waals surface area contributed by atoms with Crippen LogP contribution in [0.15, 0.2) is 36.9 Å². The van der Waals surface area contributed by atoms with Crippen LogP contribution >= 0.6 is 11.8 Å². The molecule has 4 rings (SSSR count). The van der Waals surface area contributed by atoms with Gasteiger partial charge in [-0.25, -0.2) is 0 Å². The number of aliphatic hydroxyl groups is 1. The number of thioether (sulfide) groups is 1. The van der Waals surface area contributed by atoms with Crippen molar-refractivity contribution in [2.24, 2.45) is 17.8 Å². The van der Waals surface area contributed by atoms with Crippen LogP contribution in [0, 0.1) is 17.8 Å². The van der Waals surface area contributed by atoms with Crippen molar-refractivity contribution in [2.75, 3.05) is 42.6 Å². The predicted octanol–water partition coefficient (Wildman–Crippen LogP) is 4.50. The molecule has 0 radical (unpaired) electrons. The average Bonchev–Trinajstić information content (AvgIpc) is 3.52. The van der Waals surface area contributed by atoms with Gasteiger partial charge in [0.2, 0.25) is 5.91 Å². The van der Waals surface area contributed by atoms with Crippen molar-refractivity contribution in [3.8, 4) is 0 Å². The van der Waals surface area contributed by atoms with E-state index in [4.69, 9.17) is 4.74 Å². The number of anilines is 2. The molecule has 1 aromatic carbocycles. The van der Waals surface area contributed by atoms with E-state index >= 15 is 0 Å². The third-order valence-corrected chi connectivity index (χ3v) is 11.2. The molecule has 9 heteroatoms. The first-order valence-corrected chi connectivity index (χ1v) is 15.9. The summed E-state index contributed by atoms with van der Waals surface area (Å²) in [4.78, 5) is 48.2. The molecule has 1 N–H and O–H groups in total. The van der Waals surface area contributed by atoms with Gasteiger partial charge in [0.15, 0.2) is 0 Å². The third-order valence-electron chi connectivity index (χ3n) is 9.20. The molecule has 0 aliphatic carbocycles. The quantitative estimate of drug-likeness (QED) is 0.269. The molecule has 3 aliphatic rings. The van der Waals surface area contributed by atoms with E-state index in [1.165, 1.54) is 0 Å². The summed E-state index contributed by atoms with van der Waals surface area (Å²) in [5, 5.41) is 10.5. The zero-order valence-electron chi connectivity index (χ0n) is 25.5. The van der Waals surface area contributed by atoms with Gasteiger partial charge in [-0.2, -0.15) is 0 Å². The highest BCUT2D eigenvalue weighted by atomic mass is 32.2. The van der Waals surface area contributed by atoms with Crippen LogP contribution in [0.25, 0.3) is 0 Å². The van der Waals surface area contributed by atoms with Gasteiger partial charge >= 0.3 is 5.97 Å². The molecule has 1 spiro atoms. The zero-order chi connectivity index (χ0) is 30.1. The molecule has 3 saturated heterocycles. The topological polar surface area (TPSA) is 90.4 Å². The predicted molar refractivity (Wildman–Crippen MR) is 165 cm³/mol. The molecule has 0 saturated carbocycles. The van der Waals surface area contributed by atoms with E-state index in [0.29, 0.717) is 12.8 Å². The lowest BCUT2D eigenvalue weighted by molar-refractivity contribution is -0.155. The first-order valence-electron chi connectivity index (χ1n) is 15.1. The Bertz CT molecular complexity index is 1140. The summed E-state index contributed by atoms with van der Waals surface area (Å²) < 4.78 is 4.24. The fourth-order valence-electron chi connectivity index (χ4n) is 7.48. The Morgan fingerprint density at radius 2 is 1.80 bits per heavy atom. The Kier molecular flexibility index (Phi) is 9.48. The second-order valence-electron chi connectivity index (χ2n) is 12.1. The molecular weight excluding hydrogens is 538 g/mol. The number of aliphatic hydroxyl groups excluding tert-OH is 1. The lowest BCUT2D eigenvalue weighted by Gasteiger charge is -2.40. The zero-order valence-corrected chi connectivity index (χ0v) is 26.3. The number of hydrogen-bond donors (Lipinski definition) is 1. The standard InChI is InChI=1S/C32H47N3O5S/c1-8-18-34(23-14-12-22(13-15-23)33(9-2)10-3)29(38)27-32-17-16-31(7,41-32)26(30(39)40-11-4)25(32)28(37)35(27)24(20-36)19-21(5)6/h8,12-15,21,24-27,36H,1,9-11,16-20H2,2-7H3/t24-,25+,26-,27?,31+,32?/m1/s1. The minimum atomic E-state index is -0.815. The normalized spacial score (nSPS) is 29.0. The van der Waals surface area contributed by atoms with Gasteiger partial charge in [0.1, 0.15) is 6.04 Å². The van der Waals surface area contributed by atoms with Crippen LogP contribution in [0.5, 0.6) is 0 Å². The highest BCUT2D eigenvalue weighted by Crippen LogP contribution is 2.72. The number of fused-ring (bicyclic) bond motifs is 1. The first kappa shape index (κ1) is 31.4. The second-order valence-corrected chi connectivity index (χ2v) is 14.0. The van der Waals surface area contributed by atoms with Gasteiger partial charge in [0, 0.05) is 35.8 Å². The van der Waals surface area contributed by atoms with Crippen molar-refractivity contribution in [3.63, 3.8) is 0 Å². The van der Waals surface area contributed by atoms with Crippen molar-refractivity contribution in [3.05, 3.63) is 36.9 Å². The average molecular weight is 586 g/mol. The van der Waals surface area contributed by atoms with Gasteiger partial charge in [-0.3, -0.25) is 14.4 Å². The van der Waals surface area contributed by atoms with Crippen molar-refractivity contribution in [2.45, 2.75) is 82.4 Å². The molecule has 0 aromatic heterocycles. The maximum absolute atomic E-state index is 14.8. The van der Waals surface area contributed by atoms with Gasteiger partial charge in [-0.05, 0) is 77.1 Å². The molecule has 2 unspecified atom stereocenters. The SMILES string of the molecule is C=CCN(C(=O)C1N([C@@H](CO)CC(C)C)C(=O)[C@@H]2[C@H](C(=O)OCC)[C@]3(C)CCC12S3)c1ccc(N(CC)CC)cc1. The van der Waals surface area contributed by atoms with Crippen LogP contribution in [0.2, 0.25) is 0 Å². The van der Waals surface area contributed by atoms with Crippen molar-refractivity contribution < 1.29 is 24.2 Å². The third kappa shape index (κ3) is 5.29. The number of amides is 2. The highest BCUT2D eigenvalue weighted by Gasteiger charge is 2.78. The molecule has 3 aliphatic heterocycles. The minimum Gasteiger partial charge on any atom is -0.466 e. The van der Waals surface area contributed by atoms with Crippen LogP contribution in [-0.4, -0.2) is 82.2 Å². The number of hydrogen-bond acceptors (Lipinski definition) is 7. The molecule has 6 atom stereocenters. The molecule has 2 amide bonds. The number of carbonyl (C=O) groups is 3. The number of nitrogens with zero attached hydrogens (tertiary/aromatic N) is 3. The molecular formula is C32H47N3O5S. The summed E-state index contributed by atoms with van der Waals surface area (Å²) in [5.41, 5.74) is 1.81. The van der Waals surface area contributed by atoms with Crippen molar-refractivity contribution in [1.82, 2.24) is 4.90 Å². The maximum atomic E-state index is 14.8. The number of rotatable bonds is 13. The molecule has 8 nitrogen and oxygen atoms in total. The largest absolute Gasteiger partial charge is 0.466 e. The summed E-state index contributed by atoms with van der Waals surface area (Å²) in [6.07, 6.45) is 3.62. The molecule has 3 heterocycles. The van der Waals surface area contributed by atoms with Crippen LogP contribution in [0.1, 0.15) is 60.8 Å². The first-order chi connectivity index (χ1) is 19.5. The van der Waals surface area contributed by atoms with Gasteiger partial charge in [0.05, 0.1) is 35.8 Å². The Morgan fingerprint density at radius 1 is 1.17 bits per heavy atom. The number of likely N-dealkylation sites (tertiary alicyclic amines) is 1. The van der Waals surface area contributed by atoms with Crippen LogP contribution < -0.4 is 9.80 Å². The number of carbonyl (C=O) groups excluding carboxylic acids is 3. The van der Waals surface area contributed by atoms with E-state index in [9.17, 15) is 19.5 Å². The van der Waals surface area contributed by atoms with Gasteiger partial charge < -0.3 is 24.5 Å². The fraction of sp³-hybridized carbons (Fsp3) is 0.656. The second kappa shape index (κ2) is 12.4. The maximum Gasteiger partial charge on any atom is 0.311 e. The highest BCUT2D eigenvalue weighted by molar-refractivity contribution is 8.02. The van der Waals surface area contributed by atoms with E-state index in [2.05, 4.69) is 25.3 Å². The number of esters is 1. The van der Waals surface area contributed by atoms with Crippen molar-refractivity contribution in [1.29, 1.82) is 0 Å². The summed E-state index contributed by atoms with van der Waals surface area (Å²) in [6.45, 7) is 18.1. The summed E-state index contributed by atoms with van der Waals surface area (Å²) in [7, 11) is 0. The monoisotopic (exact) mass is 585 g/mol. The van der Waals surface area contributed by atoms with Gasteiger partial charge in [-0.1, -0.05) is 19.9 Å². The smallest absolute Gasteiger partial charge is 0.311 e. The molecule has 2 bridgehead atoms. The Hall–Kier alpha value is -2.52. The molecule has 3 fully saturated rings. The lowest BCUT2D eigenvalue weighted by atomic mass is 9.66. The van der Waals surface area contributed by atoms with E-state index in [-0.39, 0.29) is 43.5 Å². The number of ether oxygens (including phenoxy) is 1. The van der Waals surface area contributed by atoms with Gasteiger partial charge in [0.25, 0.3) is 5.91 Å². The number of benzene rings is 1. The molecule has 1 aromatic rings. The fourth-order valence-corrected chi connectivity index (χ4v) is 9.80. The van der Waals surface area contributed by atoms with E-state index in [0.717, 1.165) is 30.9 Å². The van der Waals surface area contributed by atoms with E-state index < -0.39 is 33.4 Å². The molecule has 226 valence electrons. The van der Waals surface area contributed by atoms with Crippen LogP contribution in [0.4, 0.5) is 11.4 Å². The Balaban J connectivity index is 1.81. The Labute approximate surface area is 249 Å². The summed E-state index contributed by atoms with van der Waals surface area (Å²) in [6, 6.07) is 6.60. The van der Waals surface area contributed by atoms with Crippen molar-refractivity contribution >= 4 is 40.9 Å². The van der Waals surface area contributed by atoms with E-state index in [1.807, 2.05) is 45.0 Å². The summed E-state index contributed by atoms with van der Waals surface area (Å²) >= 11 is 1.62. The summed E-state index contributed by atoms with van der Waals surface area (Å²) in [5.74, 6) is -1.88. The van der Waals surface area contributed by atoms with Crippen LogP contribution in [-0.2, 0) is 19.1 Å². The minimum absolute atomic E-state index is 0.195.